The van der Waals surface area contributed by atoms with Crippen molar-refractivity contribution in [1.29, 1.82) is 0 Å². The standard InChI is InChI=1S/C19H18F3N3O2/c1-4-12-11-23-10-9-15(12)16-24-25-17(26-16)18(2,3)27-14-7-5-13(6-8-14)19(20,21)22/h5-11H,4H2,1-3H3. The van der Waals surface area contributed by atoms with Gasteiger partial charge in [-0.2, -0.15) is 13.2 Å². The van der Waals surface area contributed by atoms with Crippen molar-refractivity contribution in [2.45, 2.75) is 39.0 Å². The molecule has 0 bridgehead atoms. The van der Waals surface area contributed by atoms with Crippen molar-refractivity contribution in [2.75, 3.05) is 0 Å². The maximum Gasteiger partial charge on any atom is 0.416 e. The molecular weight excluding hydrogens is 359 g/mol. The molecule has 0 saturated heterocycles. The summed E-state index contributed by atoms with van der Waals surface area (Å²) in [6.45, 7) is 5.40. The highest BCUT2D eigenvalue weighted by Crippen LogP contribution is 2.33. The Labute approximate surface area is 154 Å². The van der Waals surface area contributed by atoms with Crippen LogP contribution in [0.15, 0.2) is 47.1 Å². The Morgan fingerprint density at radius 2 is 1.74 bits per heavy atom. The first-order valence-electron chi connectivity index (χ1n) is 8.34. The molecule has 2 aromatic heterocycles. The highest BCUT2D eigenvalue weighted by molar-refractivity contribution is 5.57. The van der Waals surface area contributed by atoms with Crippen molar-refractivity contribution in [2.24, 2.45) is 0 Å². The van der Waals surface area contributed by atoms with E-state index in [2.05, 4.69) is 15.2 Å². The monoisotopic (exact) mass is 377 g/mol. The van der Waals surface area contributed by atoms with E-state index in [4.69, 9.17) is 9.15 Å². The van der Waals surface area contributed by atoms with Crippen molar-refractivity contribution >= 4 is 0 Å². The number of hydrogen-bond donors (Lipinski definition) is 0. The highest BCUT2D eigenvalue weighted by atomic mass is 19.4. The van der Waals surface area contributed by atoms with E-state index < -0.39 is 17.3 Å². The Bertz CT molecular complexity index is 918. The van der Waals surface area contributed by atoms with Gasteiger partial charge in [-0.3, -0.25) is 4.98 Å². The molecule has 142 valence electrons. The van der Waals surface area contributed by atoms with Crippen molar-refractivity contribution < 1.29 is 22.3 Å². The molecule has 0 atom stereocenters. The molecule has 3 aromatic rings. The first-order valence-corrected chi connectivity index (χ1v) is 8.34. The molecule has 0 N–H and O–H groups in total. The van der Waals surface area contributed by atoms with Crippen LogP contribution in [0.3, 0.4) is 0 Å². The SMILES string of the molecule is CCc1cnccc1-c1nnc(C(C)(C)Oc2ccc(C(F)(F)F)cc2)o1. The van der Waals surface area contributed by atoms with Crippen LogP contribution in [-0.2, 0) is 18.2 Å². The van der Waals surface area contributed by atoms with Crippen LogP contribution in [-0.4, -0.2) is 15.2 Å². The Balaban J connectivity index is 1.82. The van der Waals surface area contributed by atoms with Crippen LogP contribution in [0, 0.1) is 0 Å². The van der Waals surface area contributed by atoms with Crippen LogP contribution in [0.4, 0.5) is 13.2 Å². The summed E-state index contributed by atoms with van der Waals surface area (Å²) < 4.78 is 49.6. The van der Waals surface area contributed by atoms with E-state index in [0.717, 1.165) is 29.7 Å². The molecule has 5 nitrogen and oxygen atoms in total. The van der Waals surface area contributed by atoms with Crippen LogP contribution in [0.1, 0.15) is 37.8 Å². The van der Waals surface area contributed by atoms with E-state index in [0.29, 0.717) is 5.89 Å². The number of aryl methyl sites for hydroxylation is 1. The molecule has 1 aromatic carbocycles. The van der Waals surface area contributed by atoms with E-state index in [1.54, 1.807) is 32.3 Å². The third kappa shape index (κ3) is 4.10. The zero-order chi connectivity index (χ0) is 19.7. The van der Waals surface area contributed by atoms with Gasteiger partial charge in [0, 0.05) is 18.0 Å². The number of hydrogen-bond acceptors (Lipinski definition) is 5. The molecule has 0 radical (unpaired) electrons. The number of pyridine rings is 1. The van der Waals surface area contributed by atoms with E-state index in [-0.39, 0.29) is 11.6 Å². The second-order valence-electron chi connectivity index (χ2n) is 6.43. The van der Waals surface area contributed by atoms with Gasteiger partial charge in [-0.1, -0.05) is 6.92 Å². The molecule has 0 aliphatic rings. The highest BCUT2D eigenvalue weighted by Gasteiger charge is 2.32. The van der Waals surface area contributed by atoms with Crippen molar-refractivity contribution in [3.8, 4) is 17.2 Å². The third-order valence-electron chi connectivity index (χ3n) is 4.01. The smallest absolute Gasteiger partial charge is 0.416 e. The largest absolute Gasteiger partial charge is 0.478 e. The predicted octanol–water partition coefficient (Wildman–Crippen LogP) is 5.03. The number of benzene rings is 1. The molecule has 0 spiro atoms. The number of alkyl halides is 3. The number of halogens is 3. The summed E-state index contributed by atoms with van der Waals surface area (Å²) in [6.07, 6.45) is -0.255. The molecule has 8 heteroatoms. The lowest BCUT2D eigenvalue weighted by molar-refractivity contribution is -0.137. The zero-order valence-corrected chi connectivity index (χ0v) is 15.0. The second-order valence-corrected chi connectivity index (χ2v) is 6.43. The fourth-order valence-electron chi connectivity index (χ4n) is 2.54. The van der Waals surface area contributed by atoms with E-state index in [1.807, 2.05) is 6.92 Å². The van der Waals surface area contributed by atoms with Crippen molar-refractivity contribution in [1.82, 2.24) is 15.2 Å². The summed E-state index contributed by atoms with van der Waals surface area (Å²) in [5.41, 5.74) is -0.00650. The van der Waals surface area contributed by atoms with Gasteiger partial charge in [-0.15, -0.1) is 10.2 Å². The van der Waals surface area contributed by atoms with Crippen LogP contribution < -0.4 is 4.74 Å². The fourth-order valence-corrected chi connectivity index (χ4v) is 2.54. The quantitative estimate of drug-likeness (QED) is 0.624. The summed E-state index contributed by atoms with van der Waals surface area (Å²) >= 11 is 0. The number of aromatic nitrogens is 3. The van der Waals surface area contributed by atoms with Gasteiger partial charge in [0.25, 0.3) is 5.89 Å². The fraction of sp³-hybridized carbons (Fsp3) is 0.316. The van der Waals surface area contributed by atoms with Gasteiger partial charge in [0.2, 0.25) is 5.89 Å². The first-order chi connectivity index (χ1) is 12.7. The minimum atomic E-state index is -4.39. The zero-order valence-electron chi connectivity index (χ0n) is 15.0. The average Bonchev–Trinajstić information content (AvgIpc) is 3.12. The molecule has 0 unspecified atom stereocenters. The lowest BCUT2D eigenvalue weighted by Crippen LogP contribution is -2.25. The maximum atomic E-state index is 12.7. The predicted molar refractivity (Wildman–Crippen MR) is 92.0 cm³/mol. The normalized spacial score (nSPS) is 12.2. The van der Waals surface area contributed by atoms with E-state index in [1.165, 1.54) is 12.1 Å². The van der Waals surface area contributed by atoms with Crippen LogP contribution in [0.25, 0.3) is 11.5 Å². The molecule has 2 heterocycles. The molecule has 0 fully saturated rings. The number of rotatable bonds is 5. The molecule has 27 heavy (non-hydrogen) atoms. The Morgan fingerprint density at radius 1 is 1.04 bits per heavy atom. The maximum absolute atomic E-state index is 12.7. The van der Waals surface area contributed by atoms with Gasteiger partial charge in [0.15, 0.2) is 5.60 Å². The number of nitrogens with zero attached hydrogens (tertiary/aromatic N) is 3. The molecule has 0 aliphatic heterocycles. The Morgan fingerprint density at radius 3 is 2.37 bits per heavy atom. The van der Waals surface area contributed by atoms with Crippen molar-refractivity contribution in [3.05, 3.63) is 59.7 Å². The summed E-state index contributed by atoms with van der Waals surface area (Å²) in [4.78, 5) is 4.08. The molecular formula is C19H18F3N3O2. The molecule has 0 amide bonds. The van der Waals surface area contributed by atoms with E-state index >= 15 is 0 Å². The number of ether oxygens (including phenoxy) is 1. The van der Waals surface area contributed by atoms with Gasteiger partial charge < -0.3 is 9.15 Å². The van der Waals surface area contributed by atoms with Gasteiger partial charge in [-0.25, -0.2) is 0 Å². The van der Waals surface area contributed by atoms with E-state index in [9.17, 15) is 13.2 Å². The first kappa shape index (κ1) is 18.9. The summed E-state index contributed by atoms with van der Waals surface area (Å²) in [5, 5.41) is 8.13. The van der Waals surface area contributed by atoms with Gasteiger partial charge in [-0.05, 0) is 56.2 Å². The lowest BCUT2D eigenvalue weighted by atomic mass is 10.1. The van der Waals surface area contributed by atoms with Crippen molar-refractivity contribution in [3.63, 3.8) is 0 Å². The van der Waals surface area contributed by atoms with Crippen LogP contribution in [0.5, 0.6) is 5.75 Å². The Hall–Kier alpha value is -2.90. The molecule has 0 aliphatic carbocycles. The topological polar surface area (TPSA) is 61.0 Å². The minimum absolute atomic E-state index is 0.219. The molecule has 0 saturated carbocycles. The van der Waals surface area contributed by atoms with Gasteiger partial charge >= 0.3 is 6.18 Å². The lowest BCUT2D eigenvalue weighted by Gasteiger charge is -2.22. The summed E-state index contributed by atoms with van der Waals surface area (Å²) in [6, 6.07) is 6.25. The Kier molecular flexibility index (Phi) is 4.91. The second kappa shape index (κ2) is 7.02. The van der Waals surface area contributed by atoms with Gasteiger partial charge in [0.1, 0.15) is 5.75 Å². The minimum Gasteiger partial charge on any atom is -0.478 e. The van der Waals surface area contributed by atoms with Gasteiger partial charge in [0.05, 0.1) is 5.56 Å². The average molecular weight is 377 g/mol. The summed E-state index contributed by atoms with van der Waals surface area (Å²) in [7, 11) is 0. The van der Waals surface area contributed by atoms with Crippen LogP contribution >= 0.6 is 0 Å². The molecule has 3 rings (SSSR count). The third-order valence-corrected chi connectivity index (χ3v) is 4.01. The summed E-state index contributed by atoms with van der Waals surface area (Å²) in [5.74, 6) is 0.829. The van der Waals surface area contributed by atoms with Crippen LogP contribution in [0.2, 0.25) is 0 Å².